The van der Waals surface area contributed by atoms with Crippen LogP contribution in [0.3, 0.4) is 0 Å². The van der Waals surface area contributed by atoms with Crippen LogP contribution in [0.2, 0.25) is 0 Å². The molecule has 0 unspecified atom stereocenters. The lowest BCUT2D eigenvalue weighted by molar-refractivity contribution is 0.626. The van der Waals surface area contributed by atoms with Crippen LogP contribution in [0, 0.1) is 5.82 Å². The van der Waals surface area contributed by atoms with Crippen LogP contribution in [-0.4, -0.2) is 0 Å². The SMILES string of the molecule is Nc1ccc(SCc2cccc(F)c2)cc1. The van der Waals surface area contributed by atoms with Gasteiger partial charge in [-0.1, -0.05) is 12.1 Å². The first-order chi connectivity index (χ1) is 7.74. The molecule has 0 saturated heterocycles. The summed E-state index contributed by atoms with van der Waals surface area (Å²) in [6.45, 7) is 0. The van der Waals surface area contributed by atoms with Gasteiger partial charge in [-0.3, -0.25) is 0 Å². The smallest absolute Gasteiger partial charge is 0.123 e. The second kappa shape index (κ2) is 5.03. The molecule has 16 heavy (non-hydrogen) atoms. The van der Waals surface area contributed by atoms with Gasteiger partial charge in [0.25, 0.3) is 0 Å². The van der Waals surface area contributed by atoms with Crippen LogP contribution in [0.5, 0.6) is 0 Å². The zero-order chi connectivity index (χ0) is 11.4. The summed E-state index contributed by atoms with van der Waals surface area (Å²) < 4.78 is 12.9. The molecule has 2 aromatic carbocycles. The topological polar surface area (TPSA) is 26.0 Å². The molecular formula is C13H12FNS. The van der Waals surface area contributed by atoms with Gasteiger partial charge in [-0.15, -0.1) is 11.8 Å². The number of nitrogens with two attached hydrogens (primary N) is 1. The standard InChI is InChI=1S/C13H12FNS/c14-11-3-1-2-10(8-11)9-16-13-6-4-12(15)5-7-13/h1-8H,9,15H2. The van der Waals surface area contributed by atoms with Crippen LogP contribution >= 0.6 is 11.8 Å². The molecule has 3 heteroatoms. The Hall–Kier alpha value is -1.48. The zero-order valence-corrected chi connectivity index (χ0v) is 9.51. The van der Waals surface area contributed by atoms with Crippen molar-refractivity contribution in [2.45, 2.75) is 10.6 Å². The fourth-order valence-electron chi connectivity index (χ4n) is 1.36. The predicted molar refractivity (Wildman–Crippen MR) is 66.8 cm³/mol. The highest BCUT2D eigenvalue weighted by Gasteiger charge is 1.97. The summed E-state index contributed by atoms with van der Waals surface area (Å²) in [7, 11) is 0. The highest BCUT2D eigenvalue weighted by molar-refractivity contribution is 7.98. The van der Waals surface area contributed by atoms with Crippen LogP contribution in [0.4, 0.5) is 10.1 Å². The van der Waals surface area contributed by atoms with Crippen LogP contribution in [0.15, 0.2) is 53.4 Å². The molecule has 0 aliphatic carbocycles. The second-order valence-electron chi connectivity index (χ2n) is 3.49. The van der Waals surface area contributed by atoms with Gasteiger partial charge in [0.2, 0.25) is 0 Å². The molecule has 2 rings (SSSR count). The average Bonchev–Trinajstić information content (AvgIpc) is 2.28. The number of anilines is 1. The molecular weight excluding hydrogens is 221 g/mol. The van der Waals surface area contributed by atoms with Crippen molar-refractivity contribution in [2.75, 3.05) is 5.73 Å². The number of hydrogen-bond acceptors (Lipinski definition) is 2. The van der Waals surface area contributed by atoms with Crippen molar-refractivity contribution in [1.82, 2.24) is 0 Å². The Balaban J connectivity index is 1.99. The van der Waals surface area contributed by atoms with Crippen molar-refractivity contribution in [1.29, 1.82) is 0 Å². The van der Waals surface area contributed by atoms with E-state index in [0.717, 1.165) is 21.9 Å². The van der Waals surface area contributed by atoms with E-state index in [0.29, 0.717) is 0 Å². The number of rotatable bonds is 3. The third-order valence-corrected chi connectivity index (χ3v) is 3.26. The predicted octanol–water partition coefficient (Wildman–Crippen LogP) is 3.70. The van der Waals surface area contributed by atoms with Crippen molar-refractivity contribution in [3.05, 3.63) is 59.9 Å². The molecule has 0 aliphatic heterocycles. The van der Waals surface area contributed by atoms with E-state index in [1.807, 2.05) is 30.3 Å². The minimum Gasteiger partial charge on any atom is -0.399 e. The van der Waals surface area contributed by atoms with Crippen molar-refractivity contribution < 1.29 is 4.39 Å². The summed E-state index contributed by atoms with van der Waals surface area (Å²) >= 11 is 1.67. The molecule has 0 saturated carbocycles. The van der Waals surface area contributed by atoms with Gasteiger partial charge in [-0.25, -0.2) is 4.39 Å². The maximum absolute atomic E-state index is 12.9. The molecule has 0 atom stereocenters. The van der Waals surface area contributed by atoms with Crippen LogP contribution in [-0.2, 0) is 5.75 Å². The number of thioether (sulfide) groups is 1. The maximum atomic E-state index is 12.9. The van der Waals surface area contributed by atoms with Gasteiger partial charge >= 0.3 is 0 Å². The number of nitrogen functional groups attached to an aromatic ring is 1. The van der Waals surface area contributed by atoms with E-state index < -0.39 is 0 Å². The van der Waals surface area contributed by atoms with E-state index >= 15 is 0 Å². The maximum Gasteiger partial charge on any atom is 0.123 e. The lowest BCUT2D eigenvalue weighted by Gasteiger charge is -2.02. The summed E-state index contributed by atoms with van der Waals surface area (Å²) in [6.07, 6.45) is 0. The molecule has 0 bridgehead atoms. The van der Waals surface area contributed by atoms with Crippen molar-refractivity contribution in [2.24, 2.45) is 0 Å². The van der Waals surface area contributed by atoms with Crippen molar-refractivity contribution >= 4 is 17.4 Å². The Morgan fingerprint density at radius 1 is 1.06 bits per heavy atom. The van der Waals surface area contributed by atoms with Gasteiger partial charge in [-0.05, 0) is 42.0 Å². The first-order valence-electron chi connectivity index (χ1n) is 4.97. The second-order valence-corrected chi connectivity index (χ2v) is 4.54. The number of hydrogen-bond donors (Lipinski definition) is 1. The molecule has 0 amide bonds. The van der Waals surface area contributed by atoms with Crippen molar-refractivity contribution in [3.63, 3.8) is 0 Å². The van der Waals surface area contributed by atoms with E-state index in [2.05, 4.69) is 0 Å². The molecule has 0 radical (unpaired) electrons. The van der Waals surface area contributed by atoms with Crippen LogP contribution in [0.1, 0.15) is 5.56 Å². The van der Waals surface area contributed by atoms with E-state index in [-0.39, 0.29) is 5.82 Å². The molecule has 2 N–H and O–H groups in total. The fourth-order valence-corrected chi connectivity index (χ4v) is 2.20. The largest absolute Gasteiger partial charge is 0.399 e. The third kappa shape index (κ3) is 3.00. The Bertz CT molecular complexity index is 468. The molecule has 1 nitrogen and oxygen atoms in total. The lowest BCUT2D eigenvalue weighted by Crippen LogP contribution is -1.84. The molecule has 0 heterocycles. The Morgan fingerprint density at radius 3 is 2.50 bits per heavy atom. The number of halogens is 1. The fraction of sp³-hybridized carbons (Fsp3) is 0.0769. The third-order valence-electron chi connectivity index (χ3n) is 2.17. The Labute approximate surface area is 98.5 Å². The molecule has 2 aromatic rings. The van der Waals surface area contributed by atoms with Crippen molar-refractivity contribution in [3.8, 4) is 0 Å². The first-order valence-corrected chi connectivity index (χ1v) is 5.95. The zero-order valence-electron chi connectivity index (χ0n) is 8.69. The molecule has 82 valence electrons. The van der Waals surface area contributed by atoms with E-state index in [1.54, 1.807) is 23.9 Å². The molecule has 0 fully saturated rings. The quantitative estimate of drug-likeness (QED) is 0.646. The Morgan fingerprint density at radius 2 is 1.81 bits per heavy atom. The minimum absolute atomic E-state index is 0.185. The van der Waals surface area contributed by atoms with Gasteiger partial charge in [0.1, 0.15) is 5.82 Å². The first kappa shape index (κ1) is 11.0. The van der Waals surface area contributed by atoms with Crippen LogP contribution in [0.25, 0.3) is 0 Å². The monoisotopic (exact) mass is 233 g/mol. The lowest BCUT2D eigenvalue weighted by atomic mass is 10.2. The summed E-state index contributed by atoms with van der Waals surface area (Å²) in [5.41, 5.74) is 7.34. The average molecular weight is 233 g/mol. The van der Waals surface area contributed by atoms with E-state index in [4.69, 9.17) is 5.73 Å². The van der Waals surface area contributed by atoms with Gasteiger partial charge in [0.15, 0.2) is 0 Å². The summed E-state index contributed by atoms with van der Waals surface area (Å²) in [4.78, 5) is 1.14. The van der Waals surface area contributed by atoms with E-state index in [9.17, 15) is 4.39 Å². The highest BCUT2D eigenvalue weighted by atomic mass is 32.2. The van der Waals surface area contributed by atoms with Crippen LogP contribution < -0.4 is 5.73 Å². The summed E-state index contributed by atoms with van der Waals surface area (Å²) in [6, 6.07) is 14.4. The molecule has 0 aromatic heterocycles. The van der Waals surface area contributed by atoms with E-state index in [1.165, 1.54) is 6.07 Å². The molecule has 0 spiro atoms. The van der Waals surface area contributed by atoms with Gasteiger partial charge < -0.3 is 5.73 Å². The Kier molecular flexibility index (Phi) is 3.47. The number of benzene rings is 2. The summed E-state index contributed by atoms with van der Waals surface area (Å²) in [5.74, 6) is 0.581. The minimum atomic E-state index is -0.185. The highest BCUT2D eigenvalue weighted by Crippen LogP contribution is 2.23. The molecule has 0 aliphatic rings. The summed E-state index contributed by atoms with van der Waals surface area (Å²) in [5, 5.41) is 0. The van der Waals surface area contributed by atoms with Gasteiger partial charge in [0, 0.05) is 16.3 Å². The normalized spacial score (nSPS) is 10.3. The van der Waals surface area contributed by atoms with Gasteiger partial charge in [0.05, 0.1) is 0 Å². The van der Waals surface area contributed by atoms with Gasteiger partial charge in [-0.2, -0.15) is 0 Å².